The number of nitrogens with zero attached hydrogens (tertiary/aromatic N) is 2. The van der Waals surface area contributed by atoms with Crippen molar-refractivity contribution in [2.75, 3.05) is 6.54 Å². The van der Waals surface area contributed by atoms with Gasteiger partial charge in [0, 0.05) is 55.0 Å². The van der Waals surface area contributed by atoms with Gasteiger partial charge in [0.25, 0.3) is 11.5 Å². The van der Waals surface area contributed by atoms with Crippen molar-refractivity contribution < 1.29 is 4.79 Å². The number of fused-ring (bicyclic) bond motifs is 2. The zero-order chi connectivity index (χ0) is 17.4. The molecule has 0 saturated carbocycles. The number of aromatic nitrogens is 3. The third kappa shape index (κ3) is 2.61. The Labute approximate surface area is 143 Å². The minimum absolute atomic E-state index is 0.0497. The predicted octanol–water partition coefficient (Wildman–Crippen LogP) is 2.25. The average Bonchev–Trinajstić information content (AvgIpc) is 3.21. The molecule has 0 spiro atoms. The Morgan fingerprint density at radius 2 is 1.96 bits per heavy atom. The van der Waals surface area contributed by atoms with Gasteiger partial charge in [-0.1, -0.05) is 18.2 Å². The SMILES string of the molecule is Cn1ccc2ccn(CCNC(=O)c3c[nH]c4ccccc34)c(=O)c21. The van der Waals surface area contributed by atoms with E-state index in [1.807, 2.05) is 54.2 Å². The summed E-state index contributed by atoms with van der Waals surface area (Å²) in [5.41, 5.74) is 2.16. The second-order valence-corrected chi connectivity index (χ2v) is 6.05. The molecule has 6 nitrogen and oxygen atoms in total. The number of hydrogen-bond acceptors (Lipinski definition) is 2. The highest BCUT2D eigenvalue weighted by molar-refractivity contribution is 6.06. The second-order valence-electron chi connectivity index (χ2n) is 6.05. The molecule has 0 aliphatic carbocycles. The number of carbonyl (C=O) groups is 1. The predicted molar refractivity (Wildman–Crippen MR) is 97.8 cm³/mol. The largest absolute Gasteiger partial charge is 0.360 e. The molecule has 4 aromatic rings. The van der Waals surface area contributed by atoms with Crippen LogP contribution in [0, 0.1) is 0 Å². The van der Waals surface area contributed by atoms with Crippen LogP contribution in [0.5, 0.6) is 0 Å². The third-order valence-electron chi connectivity index (χ3n) is 4.47. The monoisotopic (exact) mass is 334 g/mol. The molecule has 3 aromatic heterocycles. The van der Waals surface area contributed by atoms with E-state index in [4.69, 9.17) is 0 Å². The van der Waals surface area contributed by atoms with Crippen molar-refractivity contribution in [3.63, 3.8) is 0 Å². The molecule has 0 fully saturated rings. The molecule has 25 heavy (non-hydrogen) atoms. The summed E-state index contributed by atoms with van der Waals surface area (Å²) < 4.78 is 3.44. The van der Waals surface area contributed by atoms with Gasteiger partial charge in [-0.2, -0.15) is 0 Å². The van der Waals surface area contributed by atoms with E-state index in [2.05, 4.69) is 10.3 Å². The zero-order valence-electron chi connectivity index (χ0n) is 13.8. The molecule has 0 aliphatic heterocycles. The van der Waals surface area contributed by atoms with Gasteiger partial charge in [0.05, 0.1) is 5.56 Å². The maximum Gasteiger partial charge on any atom is 0.275 e. The summed E-state index contributed by atoms with van der Waals surface area (Å²) in [7, 11) is 1.85. The van der Waals surface area contributed by atoms with Gasteiger partial charge >= 0.3 is 0 Å². The van der Waals surface area contributed by atoms with Gasteiger partial charge in [0.2, 0.25) is 0 Å². The summed E-state index contributed by atoms with van der Waals surface area (Å²) in [5.74, 6) is -0.148. The molecule has 126 valence electrons. The number of para-hydroxylation sites is 1. The third-order valence-corrected chi connectivity index (χ3v) is 4.47. The Bertz CT molecular complexity index is 1130. The molecule has 0 radical (unpaired) electrons. The van der Waals surface area contributed by atoms with E-state index in [0.29, 0.717) is 24.2 Å². The van der Waals surface area contributed by atoms with Gasteiger partial charge in [0.15, 0.2) is 0 Å². The van der Waals surface area contributed by atoms with E-state index in [1.165, 1.54) is 0 Å². The zero-order valence-corrected chi connectivity index (χ0v) is 13.8. The molecule has 0 saturated heterocycles. The van der Waals surface area contributed by atoms with E-state index in [9.17, 15) is 9.59 Å². The first-order valence-electron chi connectivity index (χ1n) is 8.14. The molecule has 1 amide bonds. The Balaban J connectivity index is 1.49. The van der Waals surface area contributed by atoms with Gasteiger partial charge < -0.3 is 19.4 Å². The van der Waals surface area contributed by atoms with Crippen LogP contribution in [-0.4, -0.2) is 26.6 Å². The van der Waals surface area contributed by atoms with Crippen LogP contribution in [0.15, 0.2) is 59.8 Å². The highest BCUT2D eigenvalue weighted by Crippen LogP contribution is 2.17. The number of pyridine rings is 1. The number of hydrogen-bond donors (Lipinski definition) is 2. The Morgan fingerprint density at radius 1 is 1.16 bits per heavy atom. The number of nitrogens with one attached hydrogen (secondary N) is 2. The molecule has 0 bridgehead atoms. The minimum Gasteiger partial charge on any atom is -0.360 e. The Morgan fingerprint density at radius 3 is 2.84 bits per heavy atom. The van der Waals surface area contributed by atoms with Crippen LogP contribution >= 0.6 is 0 Å². The van der Waals surface area contributed by atoms with Crippen LogP contribution in [-0.2, 0) is 13.6 Å². The fourth-order valence-corrected chi connectivity index (χ4v) is 3.15. The van der Waals surface area contributed by atoms with Crippen molar-refractivity contribution in [2.45, 2.75) is 6.54 Å². The fourth-order valence-electron chi connectivity index (χ4n) is 3.15. The van der Waals surface area contributed by atoms with Crippen molar-refractivity contribution in [3.8, 4) is 0 Å². The van der Waals surface area contributed by atoms with Crippen LogP contribution in [0.4, 0.5) is 0 Å². The lowest BCUT2D eigenvalue weighted by Crippen LogP contribution is -2.30. The standard InChI is InChI=1S/C19H18N4O2/c1-22-9-6-13-7-10-23(19(25)17(13)22)11-8-20-18(24)15-12-21-16-5-3-2-4-14(15)16/h2-7,9-10,12,21H,8,11H2,1H3,(H,20,24). The number of carbonyl (C=O) groups excluding carboxylic acids is 1. The summed E-state index contributed by atoms with van der Waals surface area (Å²) in [6, 6.07) is 11.5. The lowest BCUT2D eigenvalue weighted by molar-refractivity contribution is 0.0954. The highest BCUT2D eigenvalue weighted by Gasteiger charge is 2.11. The molecule has 3 heterocycles. The molecule has 2 N–H and O–H groups in total. The minimum atomic E-state index is -0.148. The van der Waals surface area contributed by atoms with Crippen LogP contribution in [0.25, 0.3) is 21.8 Å². The Kier molecular flexibility index (Phi) is 3.65. The number of aryl methyl sites for hydroxylation is 1. The Hall–Kier alpha value is -3.28. The normalized spacial score (nSPS) is 11.2. The quantitative estimate of drug-likeness (QED) is 0.601. The molecule has 0 aliphatic rings. The van der Waals surface area contributed by atoms with Crippen molar-refractivity contribution in [2.24, 2.45) is 7.05 Å². The second kappa shape index (κ2) is 5.98. The van der Waals surface area contributed by atoms with Gasteiger partial charge in [-0.3, -0.25) is 9.59 Å². The number of rotatable bonds is 4. The maximum absolute atomic E-state index is 12.5. The van der Waals surface area contributed by atoms with Crippen molar-refractivity contribution in [3.05, 3.63) is 70.9 Å². The lowest BCUT2D eigenvalue weighted by Gasteiger charge is -2.08. The highest BCUT2D eigenvalue weighted by atomic mass is 16.1. The average molecular weight is 334 g/mol. The summed E-state index contributed by atoms with van der Waals surface area (Å²) >= 11 is 0. The maximum atomic E-state index is 12.5. The van der Waals surface area contributed by atoms with E-state index >= 15 is 0 Å². The lowest BCUT2D eigenvalue weighted by atomic mass is 10.1. The van der Waals surface area contributed by atoms with Gasteiger partial charge in [-0.05, 0) is 18.2 Å². The summed E-state index contributed by atoms with van der Waals surface area (Å²) in [6.07, 6.45) is 5.35. The fraction of sp³-hybridized carbons (Fsp3) is 0.158. The number of benzene rings is 1. The molecule has 4 rings (SSSR count). The molecule has 0 atom stereocenters. The van der Waals surface area contributed by atoms with Crippen LogP contribution in [0.2, 0.25) is 0 Å². The van der Waals surface area contributed by atoms with Crippen LogP contribution in [0.3, 0.4) is 0 Å². The van der Waals surface area contributed by atoms with E-state index in [0.717, 1.165) is 16.3 Å². The molecule has 0 unspecified atom stereocenters. The van der Waals surface area contributed by atoms with Crippen LogP contribution in [0.1, 0.15) is 10.4 Å². The van der Waals surface area contributed by atoms with E-state index < -0.39 is 0 Å². The number of aromatic amines is 1. The van der Waals surface area contributed by atoms with Gasteiger partial charge in [0.1, 0.15) is 5.52 Å². The summed E-state index contributed by atoms with van der Waals surface area (Å²) in [6.45, 7) is 0.808. The first-order chi connectivity index (χ1) is 12.1. The summed E-state index contributed by atoms with van der Waals surface area (Å²) in [4.78, 5) is 28.0. The van der Waals surface area contributed by atoms with Gasteiger partial charge in [-0.25, -0.2) is 0 Å². The van der Waals surface area contributed by atoms with Crippen LogP contribution < -0.4 is 10.9 Å². The molecular formula is C19H18N4O2. The smallest absolute Gasteiger partial charge is 0.275 e. The first kappa shape index (κ1) is 15.3. The first-order valence-corrected chi connectivity index (χ1v) is 8.14. The van der Waals surface area contributed by atoms with Crippen molar-refractivity contribution in [1.29, 1.82) is 0 Å². The van der Waals surface area contributed by atoms with E-state index in [-0.39, 0.29) is 11.5 Å². The summed E-state index contributed by atoms with van der Waals surface area (Å²) in [5, 5.41) is 4.70. The number of H-pyrrole nitrogens is 1. The molecular weight excluding hydrogens is 316 g/mol. The van der Waals surface area contributed by atoms with E-state index in [1.54, 1.807) is 17.0 Å². The molecule has 1 aromatic carbocycles. The van der Waals surface area contributed by atoms with Crippen molar-refractivity contribution >= 4 is 27.7 Å². The van der Waals surface area contributed by atoms with Crippen molar-refractivity contribution in [1.82, 2.24) is 19.4 Å². The molecule has 6 heteroatoms. The topological polar surface area (TPSA) is 71.8 Å². The van der Waals surface area contributed by atoms with Gasteiger partial charge in [-0.15, -0.1) is 0 Å². The number of amides is 1.